The maximum Gasteiger partial charge on any atom is 0.349 e. The third-order valence-electron chi connectivity index (χ3n) is 7.09. The molecule has 0 radical (unpaired) electrons. The van der Waals surface area contributed by atoms with Crippen LogP contribution in [0, 0.1) is 25.2 Å². The molecule has 1 heterocycles. The molecule has 9 heteroatoms. The van der Waals surface area contributed by atoms with E-state index in [1.165, 1.54) is 0 Å². The second-order valence-electron chi connectivity index (χ2n) is 9.96. The second kappa shape index (κ2) is 12.8. The van der Waals surface area contributed by atoms with Gasteiger partial charge in [0.05, 0.1) is 13.0 Å². The Labute approximate surface area is 254 Å². The van der Waals surface area contributed by atoms with Crippen LogP contribution in [-0.2, 0) is 11.4 Å². The van der Waals surface area contributed by atoms with Crippen LogP contribution in [0.3, 0.4) is 0 Å². The number of carbonyl (C=O) groups excluding carboxylic acids is 1. The van der Waals surface area contributed by atoms with Crippen LogP contribution in [0.25, 0.3) is 0 Å². The average Bonchev–Trinajstić information content (AvgIpc) is 3.00. The van der Waals surface area contributed by atoms with Gasteiger partial charge in [-0.15, -0.1) is 0 Å². The van der Waals surface area contributed by atoms with Gasteiger partial charge in [0.25, 0.3) is 0 Å². The first kappa shape index (κ1) is 29.4. The van der Waals surface area contributed by atoms with Crippen molar-refractivity contribution in [3.8, 4) is 34.8 Å². The highest BCUT2D eigenvalue weighted by molar-refractivity contribution is 6.30. The first-order valence-electron chi connectivity index (χ1n) is 13.4. The molecule has 0 saturated carbocycles. The van der Waals surface area contributed by atoms with E-state index < -0.39 is 11.9 Å². The Kier molecular flexibility index (Phi) is 8.74. The molecule has 1 atom stereocenters. The highest BCUT2D eigenvalue weighted by Gasteiger charge is 2.32. The Morgan fingerprint density at radius 1 is 0.930 bits per heavy atom. The number of fused-ring (bicyclic) bond motifs is 1. The number of hydrogen-bond acceptors (Lipinski definition) is 8. The Hall–Kier alpha value is -5.13. The SMILES string of the molecule is COc1cc(C2C(C#N)=C(N)Oc3cc(OC(=O)COc4ccc(C)c(C)c4)ccc32)ccc1OCc1ccc(Cl)cc1. The van der Waals surface area contributed by atoms with Gasteiger partial charge >= 0.3 is 5.97 Å². The van der Waals surface area contributed by atoms with E-state index in [9.17, 15) is 10.1 Å². The Balaban J connectivity index is 1.34. The molecule has 8 nitrogen and oxygen atoms in total. The molecule has 0 aliphatic carbocycles. The highest BCUT2D eigenvalue weighted by atomic mass is 35.5. The van der Waals surface area contributed by atoms with Crippen molar-refractivity contribution in [2.45, 2.75) is 26.4 Å². The van der Waals surface area contributed by atoms with E-state index in [4.69, 9.17) is 41.0 Å². The zero-order chi connectivity index (χ0) is 30.5. The molecule has 43 heavy (non-hydrogen) atoms. The van der Waals surface area contributed by atoms with Crippen LogP contribution in [0.4, 0.5) is 0 Å². The highest BCUT2D eigenvalue weighted by Crippen LogP contribution is 2.45. The number of hydrogen-bond donors (Lipinski definition) is 1. The van der Waals surface area contributed by atoms with Gasteiger partial charge < -0.3 is 29.4 Å². The summed E-state index contributed by atoms with van der Waals surface area (Å²) in [4.78, 5) is 12.5. The Bertz CT molecular complexity index is 1740. The van der Waals surface area contributed by atoms with E-state index in [1.807, 2.05) is 44.2 Å². The molecule has 4 aromatic rings. The predicted molar refractivity (Wildman–Crippen MR) is 162 cm³/mol. The summed E-state index contributed by atoms with van der Waals surface area (Å²) in [5, 5.41) is 10.6. The van der Waals surface area contributed by atoms with Gasteiger partial charge in [-0.2, -0.15) is 5.26 Å². The van der Waals surface area contributed by atoms with Crippen molar-refractivity contribution in [3.05, 3.63) is 123 Å². The summed E-state index contributed by atoms with van der Waals surface area (Å²) in [5.74, 6) is 1.06. The van der Waals surface area contributed by atoms with Crippen LogP contribution >= 0.6 is 11.6 Å². The van der Waals surface area contributed by atoms with Crippen molar-refractivity contribution in [2.24, 2.45) is 5.73 Å². The van der Waals surface area contributed by atoms with Gasteiger partial charge in [-0.3, -0.25) is 0 Å². The number of ether oxygens (including phenoxy) is 5. The minimum absolute atomic E-state index is 0.0383. The molecule has 0 bridgehead atoms. The predicted octanol–water partition coefficient (Wildman–Crippen LogP) is 6.75. The number of nitrogens with two attached hydrogens (primary N) is 1. The molecule has 1 aliphatic heterocycles. The number of allylic oxidation sites excluding steroid dienone is 1. The monoisotopic (exact) mass is 596 g/mol. The van der Waals surface area contributed by atoms with Crippen LogP contribution in [-0.4, -0.2) is 19.7 Å². The number of esters is 1. The number of carbonyl (C=O) groups is 1. The number of benzene rings is 4. The minimum atomic E-state index is -0.578. The fourth-order valence-corrected chi connectivity index (χ4v) is 4.80. The molecular weight excluding hydrogens is 568 g/mol. The van der Waals surface area contributed by atoms with Crippen LogP contribution < -0.4 is 29.4 Å². The number of nitrogens with zero attached hydrogens (tertiary/aromatic N) is 1. The molecule has 1 unspecified atom stereocenters. The van der Waals surface area contributed by atoms with Gasteiger partial charge in [0.2, 0.25) is 5.88 Å². The summed E-state index contributed by atoms with van der Waals surface area (Å²) in [6.07, 6.45) is 0. The number of methoxy groups -OCH3 is 1. The lowest BCUT2D eigenvalue weighted by molar-refractivity contribution is -0.136. The topological polar surface area (TPSA) is 113 Å². The number of rotatable bonds is 9. The van der Waals surface area contributed by atoms with Crippen LogP contribution in [0.5, 0.6) is 28.7 Å². The largest absolute Gasteiger partial charge is 0.493 e. The van der Waals surface area contributed by atoms with E-state index in [2.05, 4.69) is 6.07 Å². The zero-order valence-corrected chi connectivity index (χ0v) is 24.6. The van der Waals surface area contributed by atoms with Crippen molar-refractivity contribution >= 4 is 17.6 Å². The molecule has 0 fully saturated rings. The normalized spacial score (nSPS) is 13.8. The van der Waals surface area contributed by atoms with Crippen molar-refractivity contribution in [1.29, 1.82) is 5.26 Å². The summed E-state index contributed by atoms with van der Waals surface area (Å²) < 4.78 is 28.5. The van der Waals surface area contributed by atoms with Gasteiger partial charge in [-0.1, -0.05) is 41.9 Å². The molecule has 4 aromatic carbocycles. The molecule has 0 saturated heterocycles. The van der Waals surface area contributed by atoms with Crippen LogP contribution in [0.2, 0.25) is 5.02 Å². The van der Waals surface area contributed by atoms with Crippen LogP contribution in [0.1, 0.15) is 33.7 Å². The lowest BCUT2D eigenvalue weighted by atomic mass is 9.83. The maximum atomic E-state index is 12.5. The molecule has 5 rings (SSSR count). The molecule has 218 valence electrons. The molecule has 2 N–H and O–H groups in total. The summed E-state index contributed by atoms with van der Waals surface area (Å²) in [7, 11) is 1.55. The van der Waals surface area contributed by atoms with Gasteiger partial charge in [-0.25, -0.2) is 4.79 Å². The van der Waals surface area contributed by atoms with Gasteiger partial charge in [-0.05, 0) is 78.6 Å². The van der Waals surface area contributed by atoms with Crippen molar-refractivity contribution in [2.75, 3.05) is 13.7 Å². The van der Waals surface area contributed by atoms with Gasteiger partial charge in [0.1, 0.15) is 35.5 Å². The maximum absolute atomic E-state index is 12.5. The number of halogens is 1. The lowest BCUT2D eigenvalue weighted by Gasteiger charge is -2.27. The van der Waals surface area contributed by atoms with E-state index in [0.29, 0.717) is 40.2 Å². The lowest BCUT2D eigenvalue weighted by Crippen LogP contribution is -2.22. The van der Waals surface area contributed by atoms with E-state index in [-0.39, 0.29) is 23.8 Å². The minimum Gasteiger partial charge on any atom is -0.493 e. The average molecular weight is 597 g/mol. The zero-order valence-electron chi connectivity index (χ0n) is 23.8. The fourth-order valence-electron chi connectivity index (χ4n) is 4.67. The summed E-state index contributed by atoms with van der Waals surface area (Å²) in [6, 6.07) is 25.5. The molecule has 0 aromatic heterocycles. The van der Waals surface area contributed by atoms with E-state index in [0.717, 1.165) is 22.3 Å². The van der Waals surface area contributed by atoms with E-state index >= 15 is 0 Å². The molecule has 1 aliphatic rings. The van der Waals surface area contributed by atoms with Crippen molar-refractivity contribution in [1.82, 2.24) is 0 Å². The smallest absolute Gasteiger partial charge is 0.349 e. The third kappa shape index (κ3) is 6.69. The van der Waals surface area contributed by atoms with Gasteiger partial charge in [0, 0.05) is 16.7 Å². The van der Waals surface area contributed by atoms with Crippen molar-refractivity contribution < 1.29 is 28.5 Å². The standard InChI is InChI=1S/C34H29ClN2O6/c1-20-4-10-25(14-21(20)2)40-19-32(38)42-26-11-12-27-30(16-26)43-34(37)28(17-36)33(27)23-7-13-29(31(15-23)39-3)41-18-22-5-8-24(35)9-6-22/h4-16,33H,18-19,37H2,1-3H3. The molecule has 0 amide bonds. The van der Waals surface area contributed by atoms with Crippen molar-refractivity contribution in [3.63, 3.8) is 0 Å². The van der Waals surface area contributed by atoms with Crippen LogP contribution in [0.15, 0.2) is 90.3 Å². The number of nitriles is 1. The number of aryl methyl sites for hydroxylation is 2. The molecule has 0 spiro atoms. The summed E-state index contributed by atoms with van der Waals surface area (Å²) in [5.41, 5.74) is 11.0. The first-order chi connectivity index (χ1) is 20.7. The summed E-state index contributed by atoms with van der Waals surface area (Å²) in [6.45, 7) is 4.03. The Morgan fingerprint density at radius 3 is 2.42 bits per heavy atom. The van der Waals surface area contributed by atoms with Gasteiger partial charge in [0.15, 0.2) is 18.1 Å². The summed E-state index contributed by atoms with van der Waals surface area (Å²) >= 11 is 5.98. The molecular formula is C34H29ClN2O6. The second-order valence-corrected chi connectivity index (χ2v) is 10.4. The third-order valence-corrected chi connectivity index (χ3v) is 7.34. The van der Waals surface area contributed by atoms with E-state index in [1.54, 1.807) is 55.6 Å². The quantitative estimate of drug-likeness (QED) is 0.167. The fraction of sp³-hybridized carbons (Fsp3) is 0.176. The first-order valence-corrected chi connectivity index (χ1v) is 13.8. The Morgan fingerprint density at radius 2 is 1.70 bits per heavy atom.